The van der Waals surface area contributed by atoms with Gasteiger partial charge in [0.2, 0.25) is 23.1 Å². The maximum atomic E-state index is 11.6. The summed E-state index contributed by atoms with van der Waals surface area (Å²) < 4.78 is 0. The highest BCUT2D eigenvalue weighted by atomic mass is 35.5. The molecule has 1 aromatic rings. The molecule has 1 aliphatic heterocycles. The van der Waals surface area contributed by atoms with E-state index in [1.807, 2.05) is 25.9 Å². The Hall–Kier alpha value is -1.63. The largest absolute Gasteiger partial charge is 0.353 e. The van der Waals surface area contributed by atoms with Crippen LogP contribution in [0.2, 0.25) is 5.28 Å². The van der Waals surface area contributed by atoms with E-state index in [0.717, 1.165) is 0 Å². The van der Waals surface area contributed by atoms with Gasteiger partial charge in [0.05, 0.1) is 0 Å². The average Bonchev–Trinajstić information content (AvgIpc) is 2.31. The second kappa shape index (κ2) is 4.93. The number of hydrogen-bond acceptors (Lipinski definition) is 6. The third-order valence-corrected chi connectivity index (χ3v) is 2.91. The molecule has 7 nitrogen and oxygen atoms in total. The van der Waals surface area contributed by atoms with Gasteiger partial charge in [-0.25, -0.2) is 0 Å². The van der Waals surface area contributed by atoms with Gasteiger partial charge in [0.1, 0.15) is 6.04 Å². The van der Waals surface area contributed by atoms with Crippen molar-refractivity contribution in [3.8, 4) is 0 Å². The Balaban J connectivity index is 2.35. The molecule has 1 aromatic heterocycles. The molecule has 1 atom stereocenters. The van der Waals surface area contributed by atoms with Crippen molar-refractivity contribution in [2.75, 3.05) is 37.0 Å². The van der Waals surface area contributed by atoms with Gasteiger partial charge in [-0.15, -0.1) is 0 Å². The number of aromatic nitrogens is 3. The first-order valence-electron chi connectivity index (χ1n) is 5.62. The van der Waals surface area contributed by atoms with Crippen molar-refractivity contribution in [2.45, 2.75) is 13.0 Å². The second-order valence-corrected chi connectivity index (χ2v) is 4.60. The maximum Gasteiger partial charge on any atom is 0.242 e. The fourth-order valence-electron chi connectivity index (χ4n) is 1.71. The minimum absolute atomic E-state index is 0.0378. The highest BCUT2D eigenvalue weighted by Gasteiger charge is 2.28. The number of nitrogens with one attached hydrogen (secondary N) is 1. The minimum atomic E-state index is -0.313. The zero-order valence-electron chi connectivity index (χ0n) is 10.5. The summed E-state index contributed by atoms with van der Waals surface area (Å²) in [6.07, 6.45) is 0. The van der Waals surface area contributed by atoms with Gasteiger partial charge in [-0.05, 0) is 18.5 Å². The van der Waals surface area contributed by atoms with Gasteiger partial charge in [0.25, 0.3) is 0 Å². The monoisotopic (exact) mass is 270 g/mol. The van der Waals surface area contributed by atoms with Crippen LogP contribution in [-0.2, 0) is 4.79 Å². The lowest BCUT2D eigenvalue weighted by Gasteiger charge is -2.32. The van der Waals surface area contributed by atoms with E-state index in [-0.39, 0.29) is 17.2 Å². The number of anilines is 2. The Morgan fingerprint density at radius 2 is 2.11 bits per heavy atom. The summed E-state index contributed by atoms with van der Waals surface area (Å²) in [6.45, 7) is 3.03. The first-order valence-corrected chi connectivity index (χ1v) is 6.00. The van der Waals surface area contributed by atoms with E-state index >= 15 is 0 Å². The standard InChI is InChI=1S/C10H15ClN6O/c1-6-7(18)12-4-5-17(6)10-14-8(11)13-9(15-10)16(2)3/h6H,4-5H2,1-3H3,(H,12,18). The van der Waals surface area contributed by atoms with Gasteiger partial charge in [0.15, 0.2) is 0 Å². The summed E-state index contributed by atoms with van der Waals surface area (Å²) in [4.78, 5) is 27.6. The summed E-state index contributed by atoms with van der Waals surface area (Å²) in [6, 6.07) is -0.313. The number of nitrogens with zero attached hydrogens (tertiary/aromatic N) is 5. The van der Waals surface area contributed by atoms with Gasteiger partial charge < -0.3 is 15.1 Å². The van der Waals surface area contributed by atoms with Crippen LogP contribution >= 0.6 is 11.6 Å². The van der Waals surface area contributed by atoms with Gasteiger partial charge in [-0.3, -0.25) is 4.79 Å². The molecular weight excluding hydrogens is 256 g/mol. The van der Waals surface area contributed by atoms with Crippen LogP contribution in [0.15, 0.2) is 0 Å². The van der Waals surface area contributed by atoms with E-state index in [1.54, 1.807) is 4.90 Å². The van der Waals surface area contributed by atoms with Crippen molar-refractivity contribution >= 4 is 29.4 Å². The van der Waals surface area contributed by atoms with Crippen molar-refractivity contribution in [3.63, 3.8) is 0 Å². The Morgan fingerprint density at radius 3 is 2.78 bits per heavy atom. The van der Waals surface area contributed by atoms with Crippen molar-refractivity contribution in [2.24, 2.45) is 0 Å². The minimum Gasteiger partial charge on any atom is -0.353 e. The van der Waals surface area contributed by atoms with E-state index < -0.39 is 0 Å². The first kappa shape index (κ1) is 12.8. The van der Waals surface area contributed by atoms with E-state index in [2.05, 4.69) is 20.3 Å². The topological polar surface area (TPSA) is 74.2 Å². The zero-order valence-corrected chi connectivity index (χ0v) is 11.3. The molecular formula is C10H15ClN6O. The first-order chi connectivity index (χ1) is 8.49. The van der Waals surface area contributed by atoms with Crippen molar-refractivity contribution in [1.29, 1.82) is 0 Å². The van der Waals surface area contributed by atoms with Gasteiger partial charge in [0, 0.05) is 27.2 Å². The summed E-state index contributed by atoms with van der Waals surface area (Å²) >= 11 is 5.88. The molecule has 8 heteroatoms. The summed E-state index contributed by atoms with van der Waals surface area (Å²) in [5, 5.41) is 2.92. The number of carbonyl (C=O) groups excluding carboxylic acids is 1. The summed E-state index contributed by atoms with van der Waals surface area (Å²) in [5.74, 6) is 0.869. The summed E-state index contributed by atoms with van der Waals surface area (Å²) in [7, 11) is 3.64. The Bertz CT molecular complexity index is 466. The van der Waals surface area contributed by atoms with Gasteiger partial charge in [-0.2, -0.15) is 15.0 Å². The molecule has 1 aliphatic rings. The molecule has 0 radical (unpaired) electrons. The van der Waals surface area contributed by atoms with E-state index in [1.165, 1.54) is 0 Å². The van der Waals surface area contributed by atoms with Crippen LogP contribution in [0.1, 0.15) is 6.92 Å². The van der Waals surface area contributed by atoms with Crippen molar-refractivity contribution in [3.05, 3.63) is 5.28 Å². The molecule has 0 bridgehead atoms. The fourth-order valence-corrected chi connectivity index (χ4v) is 1.86. The molecule has 2 heterocycles. The SMILES string of the molecule is CC1C(=O)NCCN1c1nc(Cl)nc(N(C)C)n1. The molecule has 0 aliphatic carbocycles. The number of rotatable bonds is 2. The third kappa shape index (κ3) is 2.45. The average molecular weight is 271 g/mol. The second-order valence-electron chi connectivity index (χ2n) is 4.26. The molecule has 0 spiro atoms. The molecule has 1 saturated heterocycles. The number of hydrogen-bond donors (Lipinski definition) is 1. The molecule has 0 aromatic carbocycles. The fraction of sp³-hybridized carbons (Fsp3) is 0.600. The third-order valence-electron chi connectivity index (χ3n) is 2.74. The Kier molecular flexibility index (Phi) is 3.51. The lowest BCUT2D eigenvalue weighted by Crippen LogP contribution is -2.54. The number of piperazine rings is 1. The summed E-state index contributed by atoms with van der Waals surface area (Å²) in [5.41, 5.74) is 0. The zero-order chi connectivity index (χ0) is 13.3. The van der Waals surface area contributed by atoms with Crippen LogP contribution in [0.3, 0.4) is 0 Å². The predicted molar refractivity (Wildman–Crippen MR) is 69.0 cm³/mol. The molecule has 1 N–H and O–H groups in total. The smallest absolute Gasteiger partial charge is 0.242 e. The van der Waals surface area contributed by atoms with Crippen LogP contribution in [0, 0.1) is 0 Å². The van der Waals surface area contributed by atoms with Gasteiger partial charge in [-0.1, -0.05) is 0 Å². The Morgan fingerprint density at radius 1 is 1.39 bits per heavy atom. The van der Waals surface area contributed by atoms with E-state index in [0.29, 0.717) is 25.0 Å². The number of halogens is 1. The molecule has 0 saturated carbocycles. The number of amides is 1. The molecule has 1 fully saturated rings. The quantitative estimate of drug-likeness (QED) is 0.810. The highest BCUT2D eigenvalue weighted by molar-refractivity contribution is 6.28. The van der Waals surface area contributed by atoms with Crippen LogP contribution in [0.4, 0.5) is 11.9 Å². The number of carbonyl (C=O) groups is 1. The molecule has 98 valence electrons. The van der Waals surface area contributed by atoms with Crippen LogP contribution in [-0.4, -0.2) is 54.1 Å². The molecule has 2 rings (SSSR count). The van der Waals surface area contributed by atoms with Crippen LogP contribution < -0.4 is 15.1 Å². The Labute approximate surface area is 110 Å². The predicted octanol–water partition coefficient (Wildman–Crippen LogP) is -0.0843. The van der Waals surface area contributed by atoms with Crippen molar-refractivity contribution in [1.82, 2.24) is 20.3 Å². The lowest BCUT2D eigenvalue weighted by molar-refractivity contribution is -0.122. The molecule has 18 heavy (non-hydrogen) atoms. The van der Waals surface area contributed by atoms with Crippen LogP contribution in [0.25, 0.3) is 0 Å². The van der Waals surface area contributed by atoms with E-state index in [9.17, 15) is 4.79 Å². The lowest BCUT2D eigenvalue weighted by atomic mass is 10.2. The molecule has 1 amide bonds. The van der Waals surface area contributed by atoms with E-state index in [4.69, 9.17) is 11.6 Å². The maximum absolute atomic E-state index is 11.6. The normalized spacial score (nSPS) is 19.7. The van der Waals surface area contributed by atoms with Crippen molar-refractivity contribution < 1.29 is 4.79 Å². The van der Waals surface area contributed by atoms with Gasteiger partial charge >= 0.3 is 0 Å². The molecule has 1 unspecified atom stereocenters. The van der Waals surface area contributed by atoms with Crippen LogP contribution in [0.5, 0.6) is 0 Å². The highest BCUT2D eigenvalue weighted by Crippen LogP contribution is 2.18.